The number of amides is 1. The summed E-state index contributed by atoms with van der Waals surface area (Å²) < 4.78 is 0. The van der Waals surface area contributed by atoms with Crippen molar-refractivity contribution in [2.24, 2.45) is 11.7 Å². The van der Waals surface area contributed by atoms with Gasteiger partial charge in [-0.25, -0.2) is 0 Å². The summed E-state index contributed by atoms with van der Waals surface area (Å²) in [6, 6.07) is 4.08. The molecule has 1 aromatic heterocycles. The highest BCUT2D eigenvalue weighted by Crippen LogP contribution is 2.15. The second-order valence-corrected chi connectivity index (χ2v) is 5.99. The Morgan fingerprint density at radius 1 is 1.63 bits per heavy atom. The Balaban J connectivity index is 0.00000180. The smallest absolute Gasteiger partial charge is 0.236 e. The highest BCUT2D eigenvalue weighted by Gasteiger charge is 2.23. The molecular weight excluding hydrogens is 282 g/mol. The molecule has 1 aliphatic heterocycles. The summed E-state index contributed by atoms with van der Waals surface area (Å²) in [7, 11) is 1.87. The van der Waals surface area contributed by atoms with Crippen LogP contribution in [-0.4, -0.2) is 48.9 Å². The summed E-state index contributed by atoms with van der Waals surface area (Å²) in [5.41, 5.74) is 5.66. The Hall–Kier alpha value is -0.620. The molecule has 0 bridgehead atoms. The number of carbonyl (C=O) groups is 1. The largest absolute Gasteiger partial charge is 0.340 e. The first-order valence-electron chi connectivity index (χ1n) is 6.38. The fourth-order valence-electron chi connectivity index (χ4n) is 2.29. The Labute approximate surface area is 125 Å². The summed E-state index contributed by atoms with van der Waals surface area (Å²) in [5, 5.41) is 2.04. The topological polar surface area (TPSA) is 49.6 Å². The van der Waals surface area contributed by atoms with Crippen LogP contribution in [0.5, 0.6) is 0 Å². The van der Waals surface area contributed by atoms with Gasteiger partial charge in [0.25, 0.3) is 0 Å². The van der Waals surface area contributed by atoms with E-state index in [1.54, 1.807) is 11.3 Å². The molecule has 1 amide bonds. The van der Waals surface area contributed by atoms with E-state index >= 15 is 0 Å². The van der Waals surface area contributed by atoms with Crippen LogP contribution in [0.3, 0.4) is 0 Å². The second-order valence-electron chi connectivity index (χ2n) is 4.95. The zero-order valence-electron chi connectivity index (χ0n) is 11.2. The number of rotatable bonds is 5. The number of nitrogens with zero attached hydrogens (tertiary/aromatic N) is 2. The SMILES string of the molecule is CN(Cc1cccs1)C(=O)CN1CCC(CN)C1.Cl. The summed E-state index contributed by atoms with van der Waals surface area (Å²) in [4.78, 5) is 17.3. The number of likely N-dealkylation sites (tertiary alicyclic amines) is 1. The third kappa shape index (κ3) is 4.76. The van der Waals surface area contributed by atoms with E-state index in [0.717, 1.165) is 26.1 Å². The van der Waals surface area contributed by atoms with Crippen molar-refractivity contribution in [1.29, 1.82) is 0 Å². The van der Waals surface area contributed by atoms with Gasteiger partial charge in [-0.1, -0.05) is 6.07 Å². The van der Waals surface area contributed by atoms with Gasteiger partial charge >= 0.3 is 0 Å². The first-order valence-corrected chi connectivity index (χ1v) is 7.25. The Morgan fingerprint density at radius 2 is 2.42 bits per heavy atom. The number of nitrogens with two attached hydrogens (primary N) is 1. The molecule has 6 heteroatoms. The minimum atomic E-state index is 0. The standard InChI is InChI=1S/C13H21N3OS.ClH/c1-15(9-12-3-2-6-18-12)13(17)10-16-5-4-11(7-14)8-16;/h2-3,6,11H,4-5,7-10,14H2,1H3;1H. The van der Waals surface area contributed by atoms with Crippen LogP contribution in [0, 0.1) is 5.92 Å². The maximum absolute atomic E-state index is 12.1. The molecule has 0 aromatic carbocycles. The van der Waals surface area contributed by atoms with Crippen LogP contribution in [0.2, 0.25) is 0 Å². The molecule has 1 saturated heterocycles. The molecule has 2 N–H and O–H groups in total. The van der Waals surface area contributed by atoms with Crippen LogP contribution in [-0.2, 0) is 11.3 Å². The zero-order chi connectivity index (χ0) is 13.0. The van der Waals surface area contributed by atoms with Crippen LogP contribution in [0.4, 0.5) is 0 Å². The quantitative estimate of drug-likeness (QED) is 0.895. The van der Waals surface area contributed by atoms with Gasteiger partial charge in [-0.2, -0.15) is 0 Å². The molecule has 0 saturated carbocycles. The zero-order valence-corrected chi connectivity index (χ0v) is 12.9. The summed E-state index contributed by atoms with van der Waals surface area (Å²) in [6.07, 6.45) is 1.12. The number of halogens is 1. The van der Waals surface area contributed by atoms with Gasteiger partial charge in [-0.15, -0.1) is 23.7 Å². The number of hydrogen-bond acceptors (Lipinski definition) is 4. The lowest BCUT2D eigenvalue weighted by Crippen LogP contribution is -2.37. The van der Waals surface area contributed by atoms with E-state index in [4.69, 9.17) is 5.73 Å². The van der Waals surface area contributed by atoms with E-state index in [1.165, 1.54) is 4.88 Å². The molecule has 108 valence electrons. The lowest BCUT2D eigenvalue weighted by molar-refractivity contribution is -0.131. The highest BCUT2D eigenvalue weighted by molar-refractivity contribution is 7.09. The van der Waals surface area contributed by atoms with E-state index in [9.17, 15) is 4.79 Å². The third-order valence-electron chi connectivity index (χ3n) is 3.46. The van der Waals surface area contributed by atoms with Gasteiger partial charge in [0.15, 0.2) is 0 Å². The molecule has 0 spiro atoms. The molecular formula is C13H22ClN3OS. The molecule has 1 atom stereocenters. The summed E-state index contributed by atoms with van der Waals surface area (Å²) >= 11 is 1.69. The average Bonchev–Trinajstić information content (AvgIpc) is 3.00. The van der Waals surface area contributed by atoms with Crippen molar-refractivity contribution >= 4 is 29.7 Å². The van der Waals surface area contributed by atoms with Crippen molar-refractivity contribution in [1.82, 2.24) is 9.80 Å². The predicted molar refractivity (Wildman–Crippen MR) is 81.6 cm³/mol. The average molecular weight is 304 g/mol. The first-order chi connectivity index (χ1) is 8.69. The number of hydrogen-bond donors (Lipinski definition) is 1. The van der Waals surface area contributed by atoms with Crippen LogP contribution in [0.1, 0.15) is 11.3 Å². The van der Waals surface area contributed by atoms with Crippen molar-refractivity contribution in [3.8, 4) is 0 Å². The van der Waals surface area contributed by atoms with E-state index in [1.807, 2.05) is 23.4 Å². The molecule has 0 radical (unpaired) electrons. The Kier molecular flexibility index (Phi) is 6.79. The van der Waals surface area contributed by atoms with Crippen molar-refractivity contribution in [2.75, 3.05) is 33.2 Å². The van der Waals surface area contributed by atoms with Gasteiger partial charge in [-0.3, -0.25) is 9.69 Å². The van der Waals surface area contributed by atoms with Gasteiger partial charge in [-0.05, 0) is 36.9 Å². The number of thiophene rings is 1. The Morgan fingerprint density at radius 3 is 3.00 bits per heavy atom. The molecule has 1 unspecified atom stereocenters. The summed E-state index contributed by atoms with van der Waals surface area (Å²) in [6.45, 7) is 3.94. The molecule has 0 aliphatic carbocycles. The third-order valence-corrected chi connectivity index (χ3v) is 4.32. The van der Waals surface area contributed by atoms with Crippen LogP contribution in [0.15, 0.2) is 17.5 Å². The van der Waals surface area contributed by atoms with Crippen molar-refractivity contribution < 1.29 is 4.79 Å². The molecule has 1 fully saturated rings. The molecule has 2 heterocycles. The maximum atomic E-state index is 12.1. The molecule has 2 rings (SSSR count). The monoisotopic (exact) mass is 303 g/mol. The lowest BCUT2D eigenvalue weighted by atomic mass is 10.1. The normalized spacial score (nSPS) is 19.2. The van der Waals surface area contributed by atoms with Crippen molar-refractivity contribution in [3.05, 3.63) is 22.4 Å². The van der Waals surface area contributed by atoms with Crippen molar-refractivity contribution in [3.63, 3.8) is 0 Å². The molecule has 4 nitrogen and oxygen atoms in total. The van der Waals surface area contributed by atoms with Gasteiger partial charge in [0.1, 0.15) is 0 Å². The van der Waals surface area contributed by atoms with E-state index in [-0.39, 0.29) is 18.3 Å². The fourth-order valence-corrected chi connectivity index (χ4v) is 3.04. The molecule has 19 heavy (non-hydrogen) atoms. The fraction of sp³-hybridized carbons (Fsp3) is 0.615. The van der Waals surface area contributed by atoms with Gasteiger partial charge in [0.2, 0.25) is 5.91 Å². The first kappa shape index (κ1) is 16.4. The molecule has 1 aliphatic rings. The van der Waals surface area contributed by atoms with Gasteiger partial charge in [0.05, 0.1) is 13.1 Å². The number of carbonyl (C=O) groups excluding carboxylic acids is 1. The van der Waals surface area contributed by atoms with Gasteiger partial charge in [0, 0.05) is 18.5 Å². The van der Waals surface area contributed by atoms with Crippen LogP contribution < -0.4 is 5.73 Å². The minimum Gasteiger partial charge on any atom is -0.340 e. The Bertz CT molecular complexity index is 385. The van der Waals surface area contributed by atoms with Crippen LogP contribution in [0.25, 0.3) is 0 Å². The van der Waals surface area contributed by atoms with E-state index in [0.29, 0.717) is 19.0 Å². The van der Waals surface area contributed by atoms with E-state index in [2.05, 4.69) is 11.0 Å². The summed E-state index contributed by atoms with van der Waals surface area (Å²) in [5.74, 6) is 0.765. The van der Waals surface area contributed by atoms with E-state index < -0.39 is 0 Å². The van der Waals surface area contributed by atoms with Crippen LogP contribution >= 0.6 is 23.7 Å². The maximum Gasteiger partial charge on any atom is 0.236 e. The molecule has 1 aromatic rings. The van der Waals surface area contributed by atoms with Crippen molar-refractivity contribution in [2.45, 2.75) is 13.0 Å². The second kappa shape index (κ2) is 7.85. The predicted octanol–water partition coefficient (Wildman–Crippen LogP) is 1.41. The lowest BCUT2D eigenvalue weighted by Gasteiger charge is -2.21. The van der Waals surface area contributed by atoms with Gasteiger partial charge < -0.3 is 10.6 Å². The number of likely N-dealkylation sites (N-methyl/N-ethyl adjacent to an activating group) is 1. The minimum absolute atomic E-state index is 0. The highest BCUT2D eigenvalue weighted by atomic mass is 35.5.